The van der Waals surface area contributed by atoms with Gasteiger partial charge >= 0.3 is 0 Å². The molecule has 0 aliphatic rings. The molecule has 0 spiro atoms. The van der Waals surface area contributed by atoms with Gasteiger partial charge in [0.1, 0.15) is 5.82 Å². The third-order valence-electron chi connectivity index (χ3n) is 2.76. The molecule has 100 valence electrons. The van der Waals surface area contributed by atoms with E-state index in [9.17, 15) is 9.50 Å². The van der Waals surface area contributed by atoms with Gasteiger partial charge in [-0.05, 0) is 51.3 Å². The Morgan fingerprint density at radius 2 is 1.89 bits per heavy atom. The van der Waals surface area contributed by atoms with Crippen molar-refractivity contribution in [1.29, 1.82) is 0 Å². The summed E-state index contributed by atoms with van der Waals surface area (Å²) >= 11 is 12.5. The first-order valence-corrected chi connectivity index (χ1v) is 7.50. The zero-order valence-electron chi connectivity index (χ0n) is 9.71. The molecule has 1 atom stereocenters. The zero-order chi connectivity index (χ0) is 14.0. The predicted molar refractivity (Wildman–Crippen MR) is 81.9 cm³/mol. The van der Waals surface area contributed by atoms with E-state index in [-0.39, 0.29) is 12.2 Å². The van der Waals surface area contributed by atoms with E-state index < -0.39 is 6.10 Å². The van der Waals surface area contributed by atoms with Gasteiger partial charge in [-0.15, -0.1) is 0 Å². The molecule has 0 saturated carbocycles. The van der Waals surface area contributed by atoms with Gasteiger partial charge in [-0.2, -0.15) is 0 Å². The predicted octanol–water partition coefficient (Wildman–Crippen LogP) is 5.28. The SMILES string of the molecule is OC(Cc1ccc(Br)cc1F)c1ccc(Br)c(Cl)c1. The van der Waals surface area contributed by atoms with E-state index in [0.717, 1.165) is 4.47 Å². The Labute approximate surface area is 132 Å². The van der Waals surface area contributed by atoms with Crippen molar-refractivity contribution in [3.63, 3.8) is 0 Å². The van der Waals surface area contributed by atoms with Gasteiger partial charge in [0.2, 0.25) is 0 Å². The molecule has 19 heavy (non-hydrogen) atoms. The Balaban J connectivity index is 2.20. The van der Waals surface area contributed by atoms with Crippen LogP contribution >= 0.6 is 43.5 Å². The van der Waals surface area contributed by atoms with Crippen molar-refractivity contribution in [3.05, 3.63) is 67.3 Å². The first-order chi connectivity index (χ1) is 8.97. The second kappa shape index (κ2) is 6.35. The number of aliphatic hydroxyl groups excluding tert-OH is 1. The molecule has 0 saturated heterocycles. The fourth-order valence-corrected chi connectivity index (χ4v) is 2.50. The van der Waals surface area contributed by atoms with Gasteiger partial charge in [-0.25, -0.2) is 4.39 Å². The van der Waals surface area contributed by atoms with E-state index in [0.29, 0.717) is 20.6 Å². The summed E-state index contributed by atoms with van der Waals surface area (Å²) in [5, 5.41) is 10.7. The normalized spacial score (nSPS) is 12.5. The summed E-state index contributed by atoms with van der Waals surface area (Å²) in [4.78, 5) is 0. The Kier molecular flexibility index (Phi) is 5.01. The highest BCUT2D eigenvalue weighted by Gasteiger charge is 2.13. The molecule has 2 aromatic carbocycles. The maximum atomic E-state index is 13.7. The van der Waals surface area contributed by atoms with E-state index in [1.807, 2.05) is 0 Å². The van der Waals surface area contributed by atoms with Gasteiger partial charge in [0.25, 0.3) is 0 Å². The summed E-state index contributed by atoms with van der Waals surface area (Å²) in [7, 11) is 0. The standard InChI is InChI=1S/C14H10Br2ClFO/c15-10-3-1-8(13(18)7-10)6-14(19)9-2-4-11(16)12(17)5-9/h1-5,7,14,19H,6H2. The number of halogens is 4. The van der Waals surface area contributed by atoms with Crippen molar-refractivity contribution in [2.45, 2.75) is 12.5 Å². The van der Waals surface area contributed by atoms with Crippen LogP contribution in [0.5, 0.6) is 0 Å². The largest absolute Gasteiger partial charge is 0.388 e. The molecule has 0 heterocycles. The molecule has 0 fully saturated rings. The van der Waals surface area contributed by atoms with Crippen molar-refractivity contribution >= 4 is 43.5 Å². The summed E-state index contributed by atoms with van der Waals surface area (Å²) in [6.07, 6.45) is -0.585. The van der Waals surface area contributed by atoms with E-state index in [4.69, 9.17) is 11.6 Å². The lowest BCUT2D eigenvalue weighted by atomic mass is 10.0. The average Bonchev–Trinajstić information content (AvgIpc) is 2.36. The zero-order valence-corrected chi connectivity index (χ0v) is 13.6. The van der Waals surface area contributed by atoms with Gasteiger partial charge in [0, 0.05) is 15.4 Å². The lowest BCUT2D eigenvalue weighted by molar-refractivity contribution is 0.177. The van der Waals surface area contributed by atoms with Crippen LogP contribution in [0.2, 0.25) is 5.02 Å². The minimum atomic E-state index is -0.790. The number of aliphatic hydroxyl groups is 1. The molecule has 0 aromatic heterocycles. The third-order valence-corrected chi connectivity index (χ3v) is 4.48. The first-order valence-electron chi connectivity index (χ1n) is 5.54. The Morgan fingerprint density at radius 1 is 1.16 bits per heavy atom. The van der Waals surface area contributed by atoms with Crippen LogP contribution in [-0.4, -0.2) is 5.11 Å². The van der Waals surface area contributed by atoms with Crippen LogP contribution in [0, 0.1) is 5.82 Å². The highest BCUT2D eigenvalue weighted by atomic mass is 79.9. The molecule has 1 nitrogen and oxygen atoms in total. The lowest BCUT2D eigenvalue weighted by Crippen LogP contribution is -2.03. The number of benzene rings is 2. The van der Waals surface area contributed by atoms with Crippen LogP contribution < -0.4 is 0 Å². The van der Waals surface area contributed by atoms with Gasteiger partial charge in [0.15, 0.2) is 0 Å². The summed E-state index contributed by atoms with van der Waals surface area (Å²) in [6.45, 7) is 0. The summed E-state index contributed by atoms with van der Waals surface area (Å²) in [5.74, 6) is -0.336. The van der Waals surface area contributed by atoms with Crippen LogP contribution in [0.3, 0.4) is 0 Å². The summed E-state index contributed by atoms with van der Waals surface area (Å²) in [5.41, 5.74) is 1.13. The van der Waals surface area contributed by atoms with Crippen LogP contribution in [0.4, 0.5) is 4.39 Å². The number of hydrogen-bond acceptors (Lipinski definition) is 1. The summed E-state index contributed by atoms with van der Waals surface area (Å²) in [6, 6.07) is 9.99. The fraction of sp³-hybridized carbons (Fsp3) is 0.143. The van der Waals surface area contributed by atoms with Gasteiger partial charge < -0.3 is 5.11 Å². The molecule has 0 radical (unpaired) electrons. The van der Waals surface area contributed by atoms with Gasteiger partial charge in [-0.3, -0.25) is 0 Å². The monoisotopic (exact) mass is 406 g/mol. The van der Waals surface area contributed by atoms with Crippen LogP contribution in [0.1, 0.15) is 17.2 Å². The maximum Gasteiger partial charge on any atom is 0.127 e. The van der Waals surface area contributed by atoms with Crippen LogP contribution in [0.25, 0.3) is 0 Å². The second-order valence-electron chi connectivity index (χ2n) is 4.13. The van der Waals surface area contributed by atoms with Crippen molar-refractivity contribution in [1.82, 2.24) is 0 Å². The minimum absolute atomic E-state index is 0.205. The molecule has 0 aliphatic carbocycles. The molecule has 0 aliphatic heterocycles. The third kappa shape index (κ3) is 3.78. The van der Waals surface area contributed by atoms with Gasteiger partial charge in [0.05, 0.1) is 11.1 Å². The van der Waals surface area contributed by atoms with Crippen molar-refractivity contribution < 1.29 is 9.50 Å². The van der Waals surface area contributed by atoms with Crippen molar-refractivity contribution in [2.75, 3.05) is 0 Å². The lowest BCUT2D eigenvalue weighted by Gasteiger charge is -2.12. The van der Waals surface area contributed by atoms with Gasteiger partial charge in [-0.1, -0.05) is 39.7 Å². The Hall–Kier alpha value is -0.420. The minimum Gasteiger partial charge on any atom is -0.388 e. The Morgan fingerprint density at radius 3 is 2.53 bits per heavy atom. The quantitative estimate of drug-likeness (QED) is 0.733. The Bertz CT molecular complexity index is 604. The fourth-order valence-electron chi connectivity index (χ4n) is 1.73. The van der Waals surface area contributed by atoms with E-state index in [1.165, 1.54) is 6.07 Å². The molecule has 2 rings (SSSR count). The highest BCUT2D eigenvalue weighted by molar-refractivity contribution is 9.10. The molecular weight excluding hydrogens is 398 g/mol. The second-order valence-corrected chi connectivity index (χ2v) is 6.31. The number of hydrogen-bond donors (Lipinski definition) is 1. The van der Waals surface area contributed by atoms with E-state index >= 15 is 0 Å². The molecular formula is C14H10Br2ClFO. The molecule has 1 N–H and O–H groups in total. The smallest absolute Gasteiger partial charge is 0.127 e. The van der Waals surface area contributed by atoms with Crippen molar-refractivity contribution in [3.8, 4) is 0 Å². The topological polar surface area (TPSA) is 20.2 Å². The first kappa shape index (κ1) is 15.0. The molecule has 5 heteroatoms. The molecule has 0 amide bonds. The molecule has 0 bridgehead atoms. The maximum absolute atomic E-state index is 13.7. The molecule has 1 unspecified atom stereocenters. The van der Waals surface area contributed by atoms with Crippen LogP contribution in [-0.2, 0) is 6.42 Å². The average molecular weight is 408 g/mol. The van der Waals surface area contributed by atoms with Crippen molar-refractivity contribution in [2.24, 2.45) is 0 Å². The molecule has 2 aromatic rings. The summed E-state index contributed by atoms with van der Waals surface area (Å²) < 4.78 is 15.1. The van der Waals surface area contributed by atoms with E-state index in [2.05, 4.69) is 31.9 Å². The number of rotatable bonds is 3. The van der Waals surface area contributed by atoms with E-state index in [1.54, 1.807) is 30.3 Å². The van der Waals surface area contributed by atoms with Crippen LogP contribution in [0.15, 0.2) is 45.3 Å². The highest BCUT2D eigenvalue weighted by Crippen LogP contribution is 2.28.